The van der Waals surface area contributed by atoms with Gasteiger partial charge >= 0.3 is 5.97 Å². The second-order valence-electron chi connectivity index (χ2n) is 4.39. The number of hydrogen-bond donors (Lipinski definition) is 2. The van der Waals surface area contributed by atoms with Crippen LogP contribution in [0.3, 0.4) is 0 Å². The third-order valence-electron chi connectivity index (χ3n) is 2.17. The highest BCUT2D eigenvalue weighted by atomic mass is 16.4. The van der Waals surface area contributed by atoms with Crippen molar-refractivity contribution in [2.75, 3.05) is 13.1 Å². The van der Waals surface area contributed by atoms with Gasteiger partial charge < -0.3 is 15.7 Å². The average Bonchev–Trinajstić information content (AvgIpc) is 2.14. The van der Waals surface area contributed by atoms with Crippen molar-refractivity contribution in [3.8, 4) is 0 Å². The van der Waals surface area contributed by atoms with E-state index in [1.807, 2.05) is 20.8 Å². The second-order valence-corrected chi connectivity index (χ2v) is 4.39. The summed E-state index contributed by atoms with van der Waals surface area (Å²) < 4.78 is 0. The van der Waals surface area contributed by atoms with Crippen molar-refractivity contribution in [1.29, 1.82) is 0 Å². The number of aliphatic carboxylic acids is 1. The Morgan fingerprint density at radius 1 is 1.38 bits per heavy atom. The molecule has 1 atom stereocenters. The van der Waals surface area contributed by atoms with Crippen LogP contribution in [0.4, 0.5) is 0 Å². The summed E-state index contributed by atoms with van der Waals surface area (Å²) in [5, 5.41) is 8.69. The van der Waals surface area contributed by atoms with Gasteiger partial charge in [0.1, 0.15) is 6.54 Å². The van der Waals surface area contributed by atoms with Crippen LogP contribution in [0.2, 0.25) is 0 Å². The minimum absolute atomic E-state index is 0.265. The van der Waals surface area contributed by atoms with Crippen molar-refractivity contribution in [3.63, 3.8) is 0 Å². The number of carbonyl (C=O) groups is 2. The van der Waals surface area contributed by atoms with E-state index in [1.54, 1.807) is 0 Å². The highest BCUT2D eigenvalue weighted by Gasteiger charge is 2.22. The Kier molecular flexibility index (Phi) is 6.72. The molecule has 0 heterocycles. The third kappa shape index (κ3) is 5.70. The topological polar surface area (TPSA) is 83.6 Å². The number of carboxylic acids is 1. The van der Waals surface area contributed by atoms with Crippen LogP contribution in [0.15, 0.2) is 0 Å². The summed E-state index contributed by atoms with van der Waals surface area (Å²) in [5.41, 5.74) is 5.74. The Labute approximate surface area is 96.6 Å². The van der Waals surface area contributed by atoms with Crippen LogP contribution in [-0.2, 0) is 9.59 Å². The molecule has 0 aliphatic rings. The molecule has 3 N–H and O–H groups in total. The van der Waals surface area contributed by atoms with Crippen molar-refractivity contribution in [2.24, 2.45) is 11.7 Å². The molecular formula is C11H22N2O3. The number of nitrogens with zero attached hydrogens (tertiary/aromatic N) is 1. The zero-order valence-corrected chi connectivity index (χ0v) is 10.3. The van der Waals surface area contributed by atoms with Gasteiger partial charge in [-0.1, -0.05) is 20.8 Å². The fraction of sp³-hybridized carbons (Fsp3) is 0.818. The largest absolute Gasteiger partial charge is 0.480 e. The monoisotopic (exact) mass is 230 g/mol. The second kappa shape index (κ2) is 7.22. The molecule has 0 radical (unpaired) electrons. The maximum Gasteiger partial charge on any atom is 0.323 e. The number of nitrogens with two attached hydrogens (primary N) is 1. The van der Waals surface area contributed by atoms with E-state index in [-0.39, 0.29) is 12.5 Å². The molecule has 0 fully saturated rings. The smallest absolute Gasteiger partial charge is 0.323 e. The molecule has 0 unspecified atom stereocenters. The molecule has 0 aromatic rings. The quantitative estimate of drug-likeness (QED) is 0.673. The van der Waals surface area contributed by atoms with Gasteiger partial charge in [0.2, 0.25) is 5.91 Å². The van der Waals surface area contributed by atoms with Crippen LogP contribution in [0.1, 0.15) is 33.6 Å². The molecule has 0 aromatic carbocycles. The lowest BCUT2D eigenvalue weighted by Crippen LogP contribution is -2.46. The highest BCUT2D eigenvalue weighted by molar-refractivity contribution is 5.85. The van der Waals surface area contributed by atoms with Crippen LogP contribution >= 0.6 is 0 Å². The molecule has 1 amide bonds. The van der Waals surface area contributed by atoms with Crippen LogP contribution in [-0.4, -0.2) is 41.0 Å². The maximum absolute atomic E-state index is 11.8. The van der Waals surface area contributed by atoms with E-state index in [2.05, 4.69) is 0 Å². The third-order valence-corrected chi connectivity index (χ3v) is 2.17. The minimum Gasteiger partial charge on any atom is -0.480 e. The van der Waals surface area contributed by atoms with Gasteiger partial charge in [-0.05, 0) is 18.8 Å². The fourth-order valence-corrected chi connectivity index (χ4v) is 1.54. The molecule has 0 saturated carbocycles. The van der Waals surface area contributed by atoms with Crippen molar-refractivity contribution >= 4 is 11.9 Å². The summed E-state index contributed by atoms with van der Waals surface area (Å²) in [7, 11) is 0. The molecule has 0 aliphatic carbocycles. The number of hydrogen-bond acceptors (Lipinski definition) is 3. The summed E-state index contributed by atoms with van der Waals surface area (Å²) >= 11 is 0. The molecular weight excluding hydrogens is 208 g/mol. The molecule has 5 heteroatoms. The lowest BCUT2D eigenvalue weighted by atomic mass is 10.0. The molecule has 94 valence electrons. The summed E-state index contributed by atoms with van der Waals surface area (Å²) in [6.07, 6.45) is 1.31. The standard InChI is InChI=1S/C11H22N2O3/c1-4-5-13(7-10(14)15)11(16)9(12)6-8(2)3/h8-9H,4-7,12H2,1-3H3,(H,14,15)/t9-/m0/s1. The number of carbonyl (C=O) groups excluding carboxylic acids is 1. The predicted octanol–water partition coefficient (Wildman–Crippen LogP) is 0.683. The van der Waals surface area contributed by atoms with E-state index in [0.29, 0.717) is 18.9 Å². The summed E-state index contributed by atoms with van der Waals surface area (Å²) in [6.45, 7) is 6.04. The van der Waals surface area contributed by atoms with Gasteiger partial charge in [0.05, 0.1) is 6.04 Å². The normalized spacial score (nSPS) is 12.6. The predicted molar refractivity (Wildman–Crippen MR) is 61.9 cm³/mol. The summed E-state index contributed by atoms with van der Waals surface area (Å²) in [6, 6.07) is -0.592. The SMILES string of the molecule is CCCN(CC(=O)O)C(=O)[C@@H](N)CC(C)C. The molecule has 0 rings (SSSR count). The number of rotatable bonds is 7. The first-order chi connectivity index (χ1) is 7.38. The fourth-order valence-electron chi connectivity index (χ4n) is 1.54. The van der Waals surface area contributed by atoms with E-state index >= 15 is 0 Å². The van der Waals surface area contributed by atoms with Crippen molar-refractivity contribution in [1.82, 2.24) is 4.90 Å². The first-order valence-corrected chi connectivity index (χ1v) is 5.64. The van der Waals surface area contributed by atoms with Gasteiger partial charge in [-0.2, -0.15) is 0 Å². The molecule has 16 heavy (non-hydrogen) atoms. The minimum atomic E-state index is -1.00. The molecule has 5 nitrogen and oxygen atoms in total. The first-order valence-electron chi connectivity index (χ1n) is 5.64. The maximum atomic E-state index is 11.8. The van der Waals surface area contributed by atoms with Gasteiger partial charge in [-0.15, -0.1) is 0 Å². The van der Waals surface area contributed by atoms with Crippen LogP contribution in [0.5, 0.6) is 0 Å². The van der Waals surface area contributed by atoms with E-state index in [4.69, 9.17) is 10.8 Å². The van der Waals surface area contributed by atoms with Crippen LogP contribution in [0.25, 0.3) is 0 Å². The lowest BCUT2D eigenvalue weighted by Gasteiger charge is -2.24. The van der Waals surface area contributed by atoms with E-state index in [1.165, 1.54) is 4.90 Å². The van der Waals surface area contributed by atoms with Crippen molar-refractivity contribution < 1.29 is 14.7 Å². The molecule has 0 bridgehead atoms. The number of carboxylic acid groups (broad SMARTS) is 1. The summed E-state index contributed by atoms with van der Waals surface area (Å²) in [5.74, 6) is -0.941. The summed E-state index contributed by atoms with van der Waals surface area (Å²) in [4.78, 5) is 23.8. The first kappa shape index (κ1) is 14.9. The van der Waals surface area contributed by atoms with Crippen LogP contribution in [0, 0.1) is 5.92 Å². The van der Waals surface area contributed by atoms with Gasteiger partial charge in [-0.25, -0.2) is 0 Å². The Hall–Kier alpha value is -1.10. The zero-order chi connectivity index (χ0) is 12.7. The Morgan fingerprint density at radius 3 is 2.31 bits per heavy atom. The van der Waals surface area contributed by atoms with Crippen molar-refractivity contribution in [2.45, 2.75) is 39.7 Å². The van der Waals surface area contributed by atoms with E-state index in [9.17, 15) is 9.59 Å². The lowest BCUT2D eigenvalue weighted by molar-refractivity contribution is -0.145. The highest BCUT2D eigenvalue weighted by Crippen LogP contribution is 2.06. The molecule has 0 saturated heterocycles. The number of amides is 1. The van der Waals surface area contributed by atoms with E-state index in [0.717, 1.165) is 6.42 Å². The van der Waals surface area contributed by atoms with E-state index < -0.39 is 12.0 Å². The average molecular weight is 230 g/mol. The Balaban J connectivity index is 4.40. The Morgan fingerprint density at radius 2 is 1.94 bits per heavy atom. The van der Waals surface area contributed by atoms with Gasteiger partial charge in [0.15, 0.2) is 0 Å². The van der Waals surface area contributed by atoms with Gasteiger partial charge in [0, 0.05) is 6.54 Å². The van der Waals surface area contributed by atoms with Gasteiger partial charge in [-0.3, -0.25) is 9.59 Å². The van der Waals surface area contributed by atoms with Gasteiger partial charge in [0.25, 0.3) is 0 Å². The van der Waals surface area contributed by atoms with Crippen molar-refractivity contribution in [3.05, 3.63) is 0 Å². The molecule has 0 spiro atoms. The Bertz CT molecular complexity index is 241. The molecule has 0 aliphatic heterocycles. The molecule has 0 aromatic heterocycles. The zero-order valence-electron chi connectivity index (χ0n) is 10.3. The van der Waals surface area contributed by atoms with Crippen LogP contribution < -0.4 is 5.73 Å².